The van der Waals surface area contributed by atoms with Crippen molar-refractivity contribution in [3.63, 3.8) is 0 Å². The van der Waals surface area contributed by atoms with E-state index in [9.17, 15) is 4.79 Å². The third-order valence-electron chi connectivity index (χ3n) is 4.45. The lowest BCUT2D eigenvalue weighted by Crippen LogP contribution is -2.59. The van der Waals surface area contributed by atoms with Crippen LogP contribution in [-0.2, 0) is 6.54 Å². The number of benzene rings is 1. The second-order valence-corrected chi connectivity index (χ2v) is 7.70. The van der Waals surface area contributed by atoms with Gasteiger partial charge in [-0.1, -0.05) is 30.3 Å². The molecule has 1 N–H and O–H groups in total. The SMILES string of the molecule is CC1(C)NC(=O)c2sc(-c3ccncc3)cc2N1Cc1ccccc1. The molecule has 126 valence electrons. The summed E-state index contributed by atoms with van der Waals surface area (Å²) >= 11 is 1.53. The molecule has 0 radical (unpaired) electrons. The average molecular weight is 349 g/mol. The van der Waals surface area contributed by atoms with Crippen molar-refractivity contribution >= 4 is 22.9 Å². The van der Waals surface area contributed by atoms with Gasteiger partial charge in [-0.3, -0.25) is 9.78 Å². The van der Waals surface area contributed by atoms with Gasteiger partial charge in [0.05, 0.1) is 5.69 Å². The molecule has 0 saturated heterocycles. The van der Waals surface area contributed by atoms with Crippen molar-refractivity contribution in [1.82, 2.24) is 10.3 Å². The number of nitrogens with zero attached hydrogens (tertiary/aromatic N) is 2. The zero-order valence-electron chi connectivity index (χ0n) is 14.2. The molecule has 3 heterocycles. The Labute approximate surface area is 151 Å². The van der Waals surface area contributed by atoms with Gasteiger partial charge in [0.15, 0.2) is 0 Å². The maximum atomic E-state index is 12.6. The lowest BCUT2D eigenvalue weighted by molar-refractivity contribution is 0.0902. The van der Waals surface area contributed by atoms with Crippen LogP contribution in [0.15, 0.2) is 60.9 Å². The Hall–Kier alpha value is -2.66. The molecular weight excluding hydrogens is 330 g/mol. The van der Waals surface area contributed by atoms with Gasteiger partial charge in [-0.05, 0) is 43.2 Å². The highest BCUT2D eigenvalue weighted by Gasteiger charge is 2.38. The third kappa shape index (κ3) is 2.91. The molecule has 4 nitrogen and oxygen atoms in total. The molecule has 1 aliphatic heterocycles. The highest BCUT2D eigenvalue weighted by Crippen LogP contribution is 2.42. The second kappa shape index (κ2) is 6.01. The third-order valence-corrected chi connectivity index (χ3v) is 5.62. The minimum absolute atomic E-state index is 0.00498. The molecule has 0 unspecified atom stereocenters. The molecule has 0 fully saturated rings. The molecule has 0 bridgehead atoms. The molecule has 0 saturated carbocycles. The van der Waals surface area contributed by atoms with E-state index in [1.54, 1.807) is 12.4 Å². The molecule has 0 spiro atoms. The van der Waals surface area contributed by atoms with Crippen molar-refractivity contribution in [2.24, 2.45) is 0 Å². The van der Waals surface area contributed by atoms with Crippen LogP contribution in [0.1, 0.15) is 29.1 Å². The quantitative estimate of drug-likeness (QED) is 0.767. The Balaban J connectivity index is 1.78. The summed E-state index contributed by atoms with van der Waals surface area (Å²) in [5, 5.41) is 3.13. The van der Waals surface area contributed by atoms with Gasteiger partial charge in [-0.15, -0.1) is 11.3 Å². The summed E-state index contributed by atoms with van der Waals surface area (Å²) in [4.78, 5) is 20.8. The van der Waals surface area contributed by atoms with Gasteiger partial charge in [0.1, 0.15) is 10.5 Å². The number of rotatable bonds is 3. The van der Waals surface area contributed by atoms with Crippen LogP contribution in [0, 0.1) is 0 Å². The highest BCUT2D eigenvalue weighted by atomic mass is 32.1. The number of nitrogens with one attached hydrogen (secondary N) is 1. The summed E-state index contributed by atoms with van der Waals surface area (Å²) < 4.78 is 0. The van der Waals surface area contributed by atoms with E-state index in [2.05, 4.69) is 33.4 Å². The fourth-order valence-corrected chi connectivity index (χ4v) is 4.22. The molecular formula is C20H19N3OS. The Morgan fingerprint density at radius 3 is 2.56 bits per heavy atom. The van der Waals surface area contributed by atoms with E-state index in [1.165, 1.54) is 16.9 Å². The van der Waals surface area contributed by atoms with E-state index < -0.39 is 5.66 Å². The number of thiophene rings is 1. The number of amides is 1. The first kappa shape index (κ1) is 15.8. The van der Waals surface area contributed by atoms with Gasteiger partial charge < -0.3 is 10.2 Å². The molecule has 25 heavy (non-hydrogen) atoms. The van der Waals surface area contributed by atoms with Crippen LogP contribution in [0.3, 0.4) is 0 Å². The molecule has 2 aromatic heterocycles. The number of carbonyl (C=O) groups excluding carboxylic acids is 1. The summed E-state index contributed by atoms with van der Waals surface area (Å²) in [5.74, 6) is -0.00498. The zero-order chi connectivity index (χ0) is 17.4. The zero-order valence-corrected chi connectivity index (χ0v) is 15.0. The van der Waals surface area contributed by atoms with Crippen LogP contribution in [0.5, 0.6) is 0 Å². The van der Waals surface area contributed by atoms with E-state index in [0.29, 0.717) is 0 Å². The molecule has 0 atom stereocenters. The summed E-state index contributed by atoms with van der Waals surface area (Å²) in [5.41, 5.74) is 2.85. The molecule has 1 amide bonds. The van der Waals surface area contributed by atoms with Crippen molar-refractivity contribution < 1.29 is 4.79 Å². The molecule has 5 heteroatoms. The summed E-state index contributed by atoms with van der Waals surface area (Å²) in [7, 11) is 0. The monoisotopic (exact) mass is 349 g/mol. The van der Waals surface area contributed by atoms with Crippen molar-refractivity contribution in [1.29, 1.82) is 0 Å². The summed E-state index contributed by atoms with van der Waals surface area (Å²) in [6, 6.07) is 16.4. The Morgan fingerprint density at radius 1 is 1.12 bits per heavy atom. The predicted molar refractivity (Wildman–Crippen MR) is 102 cm³/mol. The molecule has 0 aliphatic carbocycles. The van der Waals surface area contributed by atoms with Gasteiger partial charge in [-0.2, -0.15) is 0 Å². The average Bonchev–Trinajstić information content (AvgIpc) is 3.05. The van der Waals surface area contributed by atoms with Gasteiger partial charge in [0.25, 0.3) is 5.91 Å². The van der Waals surface area contributed by atoms with Crippen LogP contribution >= 0.6 is 11.3 Å². The van der Waals surface area contributed by atoms with Crippen LogP contribution in [0.25, 0.3) is 10.4 Å². The number of aromatic nitrogens is 1. The number of hydrogen-bond acceptors (Lipinski definition) is 4. The van der Waals surface area contributed by atoms with E-state index in [0.717, 1.165) is 27.5 Å². The van der Waals surface area contributed by atoms with E-state index in [4.69, 9.17) is 0 Å². The number of anilines is 1. The minimum Gasteiger partial charge on any atom is -0.343 e. The first-order valence-corrected chi connectivity index (χ1v) is 9.04. The van der Waals surface area contributed by atoms with Crippen LogP contribution < -0.4 is 10.2 Å². The summed E-state index contributed by atoms with van der Waals surface area (Å²) in [6.07, 6.45) is 3.56. The fraction of sp³-hybridized carbons (Fsp3) is 0.200. The highest BCUT2D eigenvalue weighted by molar-refractivity contribution is 7.18. The standard InChI is InChI=1S/C20H19N3OS/c1-20(2)22-19(24)18-16(23(20)13-14-6-4-3-5-7-14)12-17(25-18)15-8-10-21-11-9-15/h3-12H,13H2,1-2H3,(H,22,24). The molecule has 3 aromatic rings. The van der Waals surface area contributed by atoms with Gasteiger partial charge in [0, 0.05) is 23.8 Å². The number of hydrogen-bond donors (Lipinski definition) is 1. The number of fused-ring (bicyclic) bond motifs is 1. The van der Waals surface area contributed by atoms with Crippen LogP contribution in [-0.4, -0.2) is 16.6 Å². The van der Waals surface area contributed by atoms with E-state index in [-0.39, 0.29) is 5.91 Å². The Morgan fingerprint density at radius 2 is 1.84 bits per heavy atom. The van der Waals surface area contributed by atoms with Gasteiger partial charge >= 0.3 is 0 Å². The van der Waals surface area contributed by atoms with E-state index in [1.807, 2.05) is 44.2 Å². The van der Waals surface area contributed by atoms with Crippen LogP contribution in [0.4, 0.5) is 5.69 Å². The minimum atomic E-state index is -0.448. The van der Waals surface area contributed by atoms with Gasteiger partial charge in [-0.25, -0.2) is 0 Å². The second-order valence-electron chi connectivity index (χ2n) is 6.65. The lowest BCUT2D eigenvalue weighted by atomic mass is 10.0. The van der Waals surface area contributed by atoms with Crippen molar-refractivity contribution in [2.75, 3.05) is 4.90 Å². The maximum Gasteiger partial charge on any atom is 0.265 e. The largest absolute Gasteiger partial charge is 0.343 e. The van der Waals surface area contributed by atoms with Crippen molar-refractivity contribution in [2.45, 2.75) is 26.1 Å². The first-order valence-electron chi connectivity index (χ1n) is 8.23. The lowest BCUT2D eigenvalue weighted by Gasteiger charge is -2.44. The summed E-state index contributed by atoms with van der Waals surface area (Å²) in [6.45, 7) is 4.83. The maximum absolute atomic E-state index is 12.6. The number of pyridine rings is 1. The normalized spacial score (nSPS) is 15.6. The first-order chi connectivity index (χ1) is 12.0. The fourth-order valence-electron chi connectivity index (χ4n) is 3.16. The molecule has 4 rings (SSSR count). The van der Waals surface area contributed by atoms with Crippen LogP contribution in [0.2, 0.25) is 0 Å². The molecule has 1 aliphatic rings. The predicted octanol–water partition coefficient (Wildman–Crippen LogP) is 4.30. The van der Waals surface area contributed by atoms with Crippen molar-refractivity contribution in [3.8, 4) is 10.4 Å². The van der Waals surface area contributed by atoms with Crippen molar-refractivity contribution in [3.05, 3.63) is 71.4 Å². The van der Waals surface area contributed by atoms with Gasteiger partial charge in [0.2, 0.25) is 0 Å². The van der Waals surface area contributed by atoms with E-state index >= 15 is 0 Å². The number of carbonyl (C=O) groups is 1. The molecule has 1 aromatic carbocycles. The smallest absolute Gasteiger partial charge is 0.265 e. The topological polar surface area (TPSA) is 45.2 Å². The Kier molecular flexibility index (Phi) is 3.81. The Bertz CT molecular complexity index is 903.